The van der Waals surface area contributed by atoms with E-state index >= 15 is 0 Å². The van der Waals surface area contributed by atoms with E-state index in [0.29, 0.717) is 37.2 Å². The second kappa shape index (κ2) is 10.0. The molecule has 0 aliphatic rings. The van der Waals surface area contributed by atoms with Crippen molar-refractivity contribution in [3.63, 3.8) is 0 Å². The topological polar surface area (TPSA) is 98.1 Å². The first-order valence-corrected chi connectivity index (χ1v) is 9.28. The summed E-state index contributed by atoms with van der Waals surface area (Å²) in [5.74, 6) is 0.482. The largest absolute Gasteiger partial charge is 0.497 e. The normalized spacial score (nSPS) is 10.4. The molecule has 8 nitrogen and oxygen atoms in total. The number of ether oxygens (including phenoxy) is 1. The number of aromatic nitrogens is 3. The van der Waals surface area contributed by atoms with Gasteiger partial charge in [-0.25, -0.2) is 9.67 Å². The molecule has 0 aliphatic carbocycles. The fraction of sp³-hybridized carbons (Fsp3) is 0.238. The fourth-order valence-corrected chi connectivity index (χ4v) is 2.69. The van der Waals surface area contributed by atoms with Crippen molar-refractivity contribution in [1.82, 2.24) is 25.4 Å². The Kier molecular flexibility index (Phi) is 6.94. The van der Waals surface area contributed by atoms with E-state index in [2.05, 4.69) is 20.7 Å². The molecule has 0 aliphatic heterocycles. The maximum atomic E-state index is 12.0. The molecular formula is C21H23N5O3. The molecule has 3 rings (SSSR count). The van der Waals surface area contributed by atoms with E-state index in [9.17, 15) is 9.59 Å². The maximum absolute atomic E-state index is 12.0. The predicted molar refractivity (Wildman–Crippen MR) is 108 cm³/mol. The van der Waals surface area contributed by atoms with Gasteiger partial charge in [-0.2, -0.15) is 5.10 Å². The van der Waals surface area contributed by atoms with Crippen LogP contribution < -0.4 is 15.4 Å². The van der Waals surface area contributed by atoms with Gasteiger partial charge < -0.3 is 15.4 Å². The first-order valence-electron chi connectivity index (χ1n) is 9.28. The van der Waals surface area contributed by atoms with Crippen molar-refractivity contribution < 1.29 is 14.3 Å². The van der Waals surface area contributed by atoms with Crippen LogP contribution in [0, 0.1) is 0 Å². The fourth-order valence-electron chi connectivity index (χ4n) is 2.69. The molecule has 0 bridgehead atoms. The van der Waals surface area contributed by atoms with Crippen molar-refractivity contribution >= 4 is 11.8 Å². The van der Waals surface area contributed by atoms with E-state index < -0.39 is 0 Å². The lowest BCUT2D eigenvalue weighted by Gasteiger charge is -2.08. The van der Waals surface area contributed by atoms with E-state index in [1.807, 2.05) is 24.3 Å². The van der Waals surface area contributed by atoms with E-state index in [-0.39, 0.29) is 11.8 Å². The minimum atomic E-state index is -0.166. The predicted octanol–water partition coefficient (Wildman–Crippen LogP) is 2.10. The monoisotopic (exact) mass is 393 g/mol. The van der Waals surface area contributed by atoms with Gasteiger partial charge in [0.25, 0.3) is 5.91 Å². The van der Waals surface area contributed by atoms with Gasteiger partial charge in [0, 0.05) is 25.1 Å². The van der Waals surface area contributed by atoms with Gasteiger partial charge in [0.05, 0.1) is 12.8 Å². The van der Waals surface area contributed by atoms with Gasteiger partial charge in [-0.05, 0) is 48.4 Å². The minimum Gasteiger partial charge on any atom is -0.497 e. The SMILES string of the molecule is COc1ccc(C(=O)NCCCC(=O)NCc2ccc(-n3cncn3)cc2)cc1. The Hall–Kier alpha value is -3.68. The first-order chi connectivity index (χ1) is 14.2. The molecule has 0 fully saturated rings. The summed E-state index contributed by atoms with van der Waals surface area (Å²) >= 11 is 0. The standard InChI is InChI=1S/C21H23N5O3/c1-29-19-10-6-17(7-11-19)21(28)23-12-2-3-20(27)24-13-16-4-8-18(9-5-16)26-15-22-14-25-26/h4-11,14-15H,2-3,12-13H2,1H3,(H,23,28)(H,24,27). The highest BCUT2D eigenvalue weighted by Gasteiger charge is 2.06. The van der Waals surface area contributed by atoms with Crippen LogP contribution in [0.1, 0.15) is 28.8 Å². The van der Waals surface area contributed by atoms with Gasteiger partial charge >= 0.3 is 0 Å². The van der Waals surface area contributed by atoms with Crippen LogP contribution in [-0.4, -0.2) is 40.2 Å². The molecule has 1 aromatic heterocycles. The lowest BCUT2D eigenvalue weighted by molar-refractivity contribution is -0.121. The zero-order chi connectivity index (χ0) is 20.5. The molecule has 0 unspecified atom stereocenters. The summed E-state index contributed by atoms with van der Waals surface area (Å²) in [5.41, 5.74) is 2.46. The average Bonchev–Trinajstić information content (AvgIpc) is 3.30. The summed E-state index contributed by atoms with van der Waals surface area (Å²) in [5, 5.41) is 9.77. The molecule has 2 N–H and O–H groups in total. The highest BCUT2D eigenvalue weighted by atomic mass is 16.5. The molecule has 29 heavy (non-hydrogen) atoms. The van der Waals surface area contributed by atoms with Gasteiger partial charge in [-0.3, -0.25) is 9.59 Å². The third-order valence-corrected chi connectivity index (χ3v) is 4.33. The van der Waals surface area contributed by atoms with Crippen molar-refractivity contribution in [1.29, 1.82) is 0 Å². The van der Waals surface area contributed by atoms with Crippen LogP contribution in [0.15, 0.2) is 61.2 Å². The van der Waals surface area contributed by atoms with Crippen LogP contribution in [0.25, 0.3) is 5.69 Å². The third-order valence-electron chi connectivity index (χ3n) is 4.33. The van der Waals surface area contributed by atoms with Crippen LogP contribution in [0.3, 0.4) is 0 Å². The van der Waals surface area contributed by atoms with E-state index in [1.54, 1.807) is 42.4 Å². The summed E-state index contributed by atoms with van der Waals surface area (Å²) in [4.78, 5) is 28.0. The number of hydrogen-bond donors (Lipinski definition) is 2. The zero-order valence-electron chi connectivity index (χ0n) is 16.2. The van der Waals surface area contributed by atoms with Crippen molar-refractivity contribution in [3.05, 3.63) is 72.3 Å². The molecule has 0 saturated carbocycles. The van der Waals surface area contributed by atoms with Gasteiger partial charge in [-0.15, -0.1) is 0 Å². The van der Waals surface area contributed by atoms with Crippen LogP contribution >= 0.6 is 0 Å². The number of carbonyl (C=O) groups is 2. The van der Waals surface area contributed by atoms with E-state index in [0.717, 1.165) is 11.3 Å². The third kappa shape index (κ3) is 5.90. The highest BCUT2D eigenvalue weighted by Crippen LogP contribution is 2.11. The first kappa shape index (κ1) is 20.1. The van der Waals surface area contributed by atoms with E-state index in [4.69, 9.17) is 4.74 Å². The Morgan fingerprint density at radius 2 is 1.79 bits per heavy atom. The summed E-state index contributed by atoms with van der Waals surface area (Å²) in [6.45, 7) is 0.888. The van der Waals surface area contributed by atoms with E-state index in [1.165, 1.54) is 6.33 Å². The number of carbonyl (C=O) groups excluding carboxylic acids is 2. The Bertz CT molecular complexity index is 922. The van der Waals surface area contributed by atoms with Crippen LogP contribution in [-0.2, 0) is 11.3 Å². The quantitative estimate of drug-likeness (QED) is 0.543. The maximum Gasteiger partial charge on any atom is 0.251 e. The number of nitrogens with one attached hydrogen (secondary N) is 2. The Morgan fingerprint density at radius 1 is 1.03 bits per heavy atom. The Balaban J connectivity index is 1.34. The lowest BCUT2D eigenvalue weighted by Crippen LogP contribution is -2.27. The van der Waals surface area contributed by atoms with Gasteiger partial charge in [0.1, 0.15) is 18.4 Å². The molecule has 0 saturated heterocycles. The lowest BCUT2D eigenvalue weighted by atomic mass is 10.2. The molecule has 8 heteroatoms. The Morgan fingerprint density at radius 3 is 2.45 bits per heavy atom. The summed E-state index contributed by atoms with van der Waals surface area (Å²) in [7, 11) is 1.58. The molecule has 1 heterocycles. The highest BCUT2D eigenvalue weighted by molar-refractivity contribution is 5.94. The number of benzene rings is 2. The Labute approximate surface area is 168 Å². The van der Waals surface area contributed by atoms with Crippen LogP contribution in [0.4, 0.5) is 0 Å². The minimum absolute atomic E-state index is 0.0518. The van der Waals surface area contributed by atoms with Gasteiger partial charge in [0.2, 0.25) is 5.91 Å². The van der Waals surface area contributed by atoms with Crippen LogP contribution in [0.5, 0.6) is 5.75 Å². The summed E-state index contributed by atoms with van der Waals surface area (Å²) in [6.07, 6.45) is 4.02. The number of rotatable bonds is 9. The molecule has 0 spiro atoms. The molecule has 150 valence electrons. The van der Waals surface area contributed by atoms with Crippen LogP contribution in [0.2, 0.25) is 0 Å². The van der Waals surface area contributed by atoms with Gasteiger partial charge in [0.15, 0.2) is 0 Å². The average molecular weight is 393 g/mol. The second-order valence-corrected chi connectivity index (χ2v) is 6.37. The number of methoxy groups -OCH3 is 1. The molecule has 2 amide bonds. The molecule has 0 radical (unpaired) electrons. The smallest absolute Gasteiger partial charge is 0.251 e. The summed E-state index contributed by atoms with van der Waals surface area (Å²) in [6, 6.07) is 14.6. The van der Waals surface area contributed by atoms with Crippen molar-refractivity contribution in [2.75, 3.05) is 13.7 Å². The molecule has 0 atom stereocenters. The molecular weight excluding hydrogens is 370 g/mol. The zero-order valence-corrected chi connectivity index (χ0v) is 16.2. The second-order valence-electron chi connectivity index (χ2n) is 6.37. The van der Waals surface area contributed by atoms with Crippen molar-refractivity contribution in [2.45, 2.75) is 19.4 Å². The number of hydrogen-bond acceptors (Lipinski definition) is 5. The van der Waals surface area contributed by atoms with Crippen molar-refractivity contribution in [3.8, 4) is 11.4 Å². The summed E-state index contributed by atoms with van der Waals surface area (Å²) < 4.78 is 6.74. The number of nitrogens with zero attached hydrogens (tertiary/aromatic N) is 3. The molecule has 3 aromatic rings. The van der Waals surface area contributed by atoms with Gasteiger partial charge in [-0.1, -0.05) is 12.1 Å². The molecule has 2 aromatic carbocycles. The van der Waals surface area contributed by atoms with Crippen molar-refractivity contribution in [2.24, 2.45) is 0 Å². The number of amides is 2.